The first-order valence-electron chi connectivity index (χ1n) is 5.41. The number of carbonyl (C=O) groups excluding carboxylic acids is 2. The number of ether oxygens (including phenoxy) is 1. The highest BCUT2D eigenvalue weighted by Gasteiger charge is 2.45. The first kappa shape index (κ1) is 10.5. The molecule has 0 spiro atoms. The third kappa shape index (κ3) is 1.73. The van der Waals surface area contributed by atoms with E-state index in [1.807, 2.05) is 20.8 Å². The van der Waals surface area contributed by atoms with Crippen LogP contribution in [0.5, 0.6) is 0 Å². The van der Waals surface area contributed by atoms with Gasteiger partial charge in [0.15, 0.2) is 0 Å². The number of rotatable bonds is 0. The summed E-state index contributed by atoms with van der Waals surface area (Å²) in [6, 6.07) is -0.332. The number of piperidine rings is 1. The van der Waals surface area contributed by atoms with Crippen molar-refractivity contribution >= 4 is 11.9 Å². The molecular weight excluding hydrogens is 194 g/mol. The molecule has 0 unspecified atom stereocenters. The summed E-state index contributed by atoms with van der Waals surface area (Å²) in [5.74, 6) is -0.177. The Labute approximate surface area is 89.6 Å². The lowest BCUT2D eigenvalue weighted by molar-refractivity contribution is -0.183. The Kier molecular flexibility index (Phi) is 2.24. The molecule has 4 nitrogen and oxygen atoms in total. The lowest BCUT2D eigenvalue weighted by Crippen LogP contribution is -2.61. The summed E-state index contributed by atoms with van der Waals surface area (Å²) in [6.45, 7) is 6.21. The van der Waals surface area contributed by atoms with Crippen molar-refractivity contribution in [2.24, 2.45) is 5.41 Å². The number of hydrogen-bond donors (Lipinski definition) is 0. The van der Waals surface area contributed by atoms with Crippen molar-refractivity contribution in [1.29, 1.82) is 0 Å². The smallest absolute Gasteiger partial charge is 0.329 e. The maximum Gasteiger partial charge on any atom is 0.329 e. The van der Waals surface area contributed by atoms with Gasteiger partial charge in [-0.25, -0.2) is 4.79 Å². The molecule has 2 atom stereocenters. The lowest BCUT2D eigenvalue weighted by Gasteiger charge is -2.45. The average molecular weight is 211 g/mol. The number of nitrogens with zero attached hydrogens (tertiary/aromatic N) is 1. The summed E-state index contributed by atoms with van der Waals surface area (Å²) in [7, 11) is 0. The Morgan fingerprint density at radius 2 is 2.07 bits per heavy atom. The van der Waals surface area contributed by atoms with Crippen molar-refractivity contribution in [3.05, 3.63) is 0 Å². The van der Waals surface area contributed by atoms with Crippen LogP contribution in [0, 0.1) is 5.41 Å². The topological polar surface area (TPSA) is 46.6 Å². The molecule has 0 aromatic rings. The predicted molar refractivity (Wildman–Crippen MR) is 54.1 cm³/mol. The Hall–Kier alpha value is -1.06. The summed E-state index contributed by atoms with van der Waals surface area (Å²) in [4.78, 5) is 25.2. The Balaban J connectivity index is 2.18. The lowest BCUT2D eigenvalue weighted by atomic mass is 9.89. The summed E-state index contributed by atoms with van der Waals surface area (Å²) in [5.41, 5.74) is -0.419. The van der Waals surface area contributed by atoms with Crippen LogP contribution in [0.1, 0.15) is 33.6 Å². The first-order valence-corrected chi connectivity index (χ1v) is 5.41. The van der Waals surface area contributed by atoms with E-state index in [9.17, 15) is 9.59 Å². The molecule has 0 saturated carbocycles. The molecule has 3 heterocycles. The van der Waals surface area contributed by atoms with Crippen LogP contribution >= 0.6 is 0 Å². The zero-order chi connectivity index (χ0) is 11.2. The van der Waals surface area contributed by atoms with E-state index in [1.54, 1.807) is 4.90 Å². The minimum absolute atomic E-state index is 0.0499. The monoisotopic (exact) mass is 211 g/mol. The van der Waals surface area contributed by atoms with Crippen LogP contribution in [0.15, 0.2) is 0 Å². The molecule has 0 N–H and O–H groups in total. The Bertz CT molecular complexity index is 305. The molecule has 0 aromatic carbocycles. The Morgan fingerprint density at radius 3 is 2.53 bits per heavy atom. The van der Waals surface area contributed by atoms with Gasteiger partial charge in [0.25, 0.3) is 0 Å². The fourth-order valence-electron chi connectivity index (χ4n) is 2.18. The normalized spacial score (nSPS) is 30.3. The fourth-order valence-corrected chi connectivity index (χ4v) is 2.18. The molecule has 3 aliphatic rings. The fraction of sp³-hybridized carbons (Fsp3) is 0.818. The van der Waals surface area contributed by atoms with Gasteiger partial charge in [-0.2, -0.15) is 0 Å². The van der Waals surface area contributed by atoms with Crippen LogP contribution in [0.4, 0.5) is 0 Å². The van der Waals surface area contributed by atoms with Crippen molar-refractivity contribution in [3.8, 4) is 0 Å². The molecule has 0 aliphatic carbocycles. The van der Waals surface area contributed by atoms with E-state index in [0.29, 0.717) is 6.54 Å². The minimum atomic E-state index is -0.419. The number of carbonyl (C=O) groups is 2. The molecule has 3 rings (SSSR count). The van der Waals surface area contributed by atoms with Gasteiger partial charge in [0, 0.05) is 5.41 Å². The average Bonchev–Trinajstić information content (AvgIpc) is 2.15. The maximum absolute atomic E-state index is 12.1. The van der Waals surface area contributed by atoms with Crippen LogP contribution in [0.2, 0.25) is 0 Å². The molecule has 15 heavy (non-hydrogen) atoms. The molecule has 3 aliphatic heterocycles. The predicted octanol–water partition coefficient (Wildman–Crippen LogP) is 0.949. The number of esters is 1. The molecule has 3 saturated heterocycles. The molecular formula is C11H17NO3. The van der Waals surface area contributed by atoms with Crippen molar-refractivity contribution in [1.82, 2.24) is 4.90 Å². The zero-order valence-corrected chi connectivity index (χ0v) is 9.45. The van der Waals surface area contributed by atoms with Crippen molar-refractivity contribution < 1.29 is 14.3 Å². The highest BCUT2D eigenvalue weighted by molar-refractivity contribution is 5.88. The second kappa shape index (κ2) is 3.22. The van der Waals surface area contributed by atoms with Gasteiger partial charge in [-0.1, -0.05) is 20.8 Å². The largest absolute Gasteiger partial charge is 0.459 e. The van der Waals surface area contributed by atoms with E-state index in [2.05, 4.69) is 0 Å². The van der Waals surface area contributed by atoms with Crippen LogP contribution in [-0.4, -0.2) is 35.5 Å². The number of amides is 1. The van der Waals surface area contributed by atoms with Gasteiger partial charge in [0.1, 0.15) is 12.1 Å². The second-order valence-electron chi connectivity index (χ2n) is 5.36. The zero-order valence-electron chi connectivity index (χ0n) is 9.45. The van der Waals surface area contributed by atoms with Gasteiger partial charge in [0.05, 0.1) is 6.54 Å². The van der Waals surface area contributed by atoms with Gasteiger partial charge in [-0.15, -0.1) is 0 Å². The summed E-state index contributed by atoms with van der Waals surface area (Å²) >= 11 is 0. The van der Waals surface area contributed by atoms with Gasteiger partial charge in [0.2, 0.25) is 5.91 Å². The van der Waals surface area contributed by atoms with Crippen LogP contribution in [0.25, 0.3) is 0 Å². The third-order valence-corrected chi connectivity index (χ3v) is 3.00. The quantitative estimate of drug-likeness (QED) is 0.560. The number of hydrogen-bond acceptors (Lipinski definition) is 3. The van der Waals surface area contributed by atoms with Gasteiger partial charge in [-0.3, -0.25) is 4.79 Å². The SMILES string of the molecule is CC(C)(C)C(=O)N1C[C@H]2CC[C@@H]1C(=O)O2. The molecule has 3 fully saturated rings. The summed E-state index contributed by atoms with van der Waals surface area (Å²) in [5, 5.41) is 0. The van der Waals surface area contributed by atoms with E-state index in [-0.39, 0.29) is 24.0 Å². The Morgan fingerprint density at radius 1 is 1.40 bits per heavy atom. The molecule has 84 valence electrons. The van der Waals surface area contributed by atoms with Gasteiger partial charge < -0.3 is 9.64 Å². The number of morpholine rings is 1. The van der Waals surface area contributed by atoms with Gasteiger partial charge in [-0.05, 0) is 12.8 Å². The molecule has 4 heteroatoms. The highest BCUT2D eigenvalue weighted by atomic mass is 16.6. The first-order chi connectivity index (χ1) is 6.89. The molecule has 0 radical (unpaired) electrons. The van der Waals surface area contributed by atoms with Crippen molar-refractivity contribution in [2.45, 2.75) is 45.8 Å². The summed E-state index contributed by atoms with van der Waals surface area (Å²) in [6.07, 6.45) is 1.57. The highest BCUT2D eigenvalue weighted by Crippen LogP contribution is 2.30. The van der Waals surface area contributed by atoms with Crippen molar-refractivity contribution in [2.75, 3.05) is 6.54 Å². The number of fused-ring (bicyclic) bond motifs is 3. The van der Waals surface area contributed by atoms with E-state index < -0.39 is 5.41 Å². The standard InChI is InChI=1S/C11H17NO3/c1-11(2,3)10(14)12-6-7-4-5-8(12)9(13)15-7/h7-8H,4-6H2,1-3H3/t7-,8-/m1/s1. The van der Waals surface area contributed by atoms with E-state index in [1.165, 1.54) is 0 Å². The van der Waals surface area contributed by atoms with Crippen LogP contribution in [0.3, 0.4) is 0 Å². The minimum Gasteiger partial charge on any atom is -0.459 e. The van der Waals surface area contributed by atoms with E-state index in [4.69, 9.17) is 4.74 Å². The van der Waals surface area contributed by atoms with Crippen LogP contribution < -0.4 is 0 Å². The molecule has 1 amide bonds. The molecule has 2 bridgehead atoms. The second-order valence-corrected chi connectivity index (χ2v) is 5.36. The van der Waals surface area contributed by atoms with E-state index >= 15 is 0 Å². The van der Waals surface area contributed by atoms with Crippen LogP contribution in [-0.2, 0) is 14.3 Å². The van der Waals surface area contributed by atoms with Gasteiger partial charge >= 0.3 is 5.97 Å². The maximum atomic E-state index is 12.1. The van der Waals surface area contributed by atoms with Crippen molar-refractivity contribution in [3.63, 3.8) is 0 Å². The third-order valence-electron chi connectivity index (χ3n) is 3.00. The van der Waals surface area contributed by atoms with E-state index in [0.717, 1.165) is 12.8 Å². The molecule has 0 aromatic heterocycles. The summed E-state index contributed by atoms with van der Waals surface area (Å²) < 4.78 is 5.15.